The van der Waals surface area contributed by atoms with Crippen LogP contribution in [-0.4, -0.2) is 46.3 Å². The summed E-state index contributed by atoms with van der Waals surface area (Å²) in [6.07, 6.45) is 0.296. The van der Waals surface area contributed by atoms with Gasteiger partial charge in [-0.1, -0.05) is 12.1 Å². The number of likely N-dealkylation sites (tertiary alicyclic amines) is 1. The van der Waals surface area contributed by atoms with Gasteiger partial charge in [-0.3, -0.25) is 14.5 Å². The molecule has 2 fully saturated rings. The standard InChI is InChI=1S/C20H17F2N3O3/c21-15-5-1-13(2-6-15)11-25-18(27)20(23-19(25)28)9-10-24(12-20)17(26)14-3-7-16(22)8-4-14/h1-8H,9-12H2,(H,23,28). The van der Waals surface area contributed by atoms with Gasteiger partial charge in [-0.05, 0) is 48.4 Å². The van der Waals surface area contributed by atoms with Crippen LogP contribution in [0.15, 0.2) is 48.5 Å². The van der Waals surface area contributed by atoms with E-state index in [0.717, 1.165) is 4.90 Å². The fourth-order valence-corrected chi connectivity index (χ4v) is 3.63. The fraction of sp³-hybridized carbons (Fsp3) is 0.250. The van der Waals surface area contributed by atoms with E-state index in [-0.39, 0.29) is 19.0 Å². The summed E-state index contributed by atoms with van der Waals surface area (Å²) < 4.78 is 26.1. The van der Waals surface area contributed by atoms with Gasteiger partial charge < -0.3 is 10.2 Å². The van der Waals surface area contributed by atoms with E-state index in [2.05, 4.69) is 5.32 Å². The summed E-state index contributed by atoms with van der Waals surface area (Å²) in [5.74, 6) is -1.57. The first-order valence-corrected chi connectivity index (χ1v) is 8.81. The number of nitrogens with one attached hydrogen (secondary N) is 1. The molecule has 144 valence electrons. The molecule has 1 atom stereocenters. The molecule has 0 radical (unpaired) electrons. The predicted molar refractivity (Wildman–Crippen MR) is 95.1 cm³/mol. The molecule has 6 nitrogen and oxygen atoms in total. The molecule has 28 heavy (non-hydrogen) atoms. The Bertz CT molecular complexity index is 946. The summed E-state index contributed by atoms with van der Waals surface area (Å²) in [6, 6.07) is 10.2. The van der Waals surface area contributed by atoms with Crippen molar-refractivity contribution in [3.05, 3.63) is 71.3 Å². The van der Waals surface area contributed by atoms with Crippen LogP contribution in [0.3, 0.4) is 0 Å². The Morgan fingerprint density at radius 1 is 1.00 bits per heavy atom. The smallest absolute Gasteiger partial charge is 0.325 e. The van der Waals surface area contributed by atoms with Crippen LogP contribution in [-0.2, 0) is 11.3 Å². The van der Waals surface area contributed by atoms with Crippen molar-refractivity contribution in [2.45, 2.75) is 18.5 Å². The summed E-state index contributed by atoms with van der Waals surface area (Å²) in [5.41, 5.74) is -0.218. The van der Waals surface area contributed by atoms with E-state index in [1.807, 2.05) is 0 Å². The molecular formula is C20H17F2N3O3. The molecule has 0 aliphatic carbocycles. The third kappa shape index (κ3) is 3.11. The number of amides is 4. The lowest BCUT2D eigenvalue weighted by molar-refractivity contribution is -0.131. The van der Waals surface area contributed by atoms with Gasteiger partial charge in [0.2, 0.25) is 0 Å². The minimum Gasteiger partial charge on any atom is -0.336 e. The van der Waals surface area contributed by atoms with E-state index in [4.69, 9.17) is 0 Å². The Balaban J connectivity index is 1.49. The first-order chi connectivity index (χ1) is 13.4. The molecule has 1 unspecified atom stereocenters. The molecule has 2 saturated heterocycles. The SMILES string of the molecule is O=C(c1ccc(F)cc1)N1CCC2(C1)NC(=O)N(Cc1ccc(F)cc1)C2=O. The normalized spacial score (nSPS) is 21.5. The van der Waals surface area contributed by atoms with Gasteiger partial charge in [-0.15, -0.1) is 0 Å². The molecule has 2 aromatic rings. The van der Waals surface area contributed by atoms with Crippen LogP contribution >= 0.6 is 0 Å². The zero-order valence-corrected chi connectivity index (χ0v) is 14.8. The van der Waals surface area contributed by atoms with E-state index < -0.39 is 29.1 Å². The molecule has 2 aliphatic rings. The number of halogens is 2. The minimum absolute atomic E-state index is 0.0264. The number of nitrogens with zero attached hydrogens (tertiary/aromatic N) is 2. The van der Waals surface area contributed by atoms with Crippen LogP contribution < -0.4 is 5.32 Å². The van der Waals surface area contributed by atoms with Crippen LogP contribution in [0.4, 0.5) is 13.6 Å². The number of urea groups is 1. The zero-order valence-electron chi connectivity index (χ0n) is 14.8. The van der Waals surface area contributed by atoms with Crippen molar-refractivity contribution in [2.24, 2.45) is 0 Å². The van der Waals surface area contributed by atoms with Crippen molar-refractivity contribution >= 4 is 17.8 Å². The maximum absolute atomic E-state index is 13.1. The molecule has 1 spiro atoms. The second kappa shape index (κ2) is 6.70. The summed E-state index contributed by atoms with van der Waals surface area (Å²) >= 11 is 0. The summed E-state index contributed by atoms with van der Waals surface area (Å²) in [5, 5.41) is 2.72. The molecular weight excluding hydrogens is 368 g/mol. The van der Waals surface area contributed by atoms with Crippen molar-refractivity contribution in [3.63, 3.8) is 0 Å². The van der Waals surface area contributed by atoms with E-state index in [9.17, 15) is 23.2 Å². The molecule has 0 saturated carbocycles. The van der Waals surface area contributed by atoms with Gasteiger partial charge in [0, 0.05) is 12.1 Å². The highest BCUT2D eigenvalue weighted by Crippen LogP contribution is 2.30. The van der Waals surface area contributed by atoms with Crippen molar-refractivity contribution in [3.8, 4) is 0 Å². The lowest BCUT2D eigenvalue weighted by Gasteiger charge is -2.22. The van der Waals surface area contributed by atoms with Crippen LogP contribution in [0.5, 0.6) is 0 Å². The van der Waals surface area contributed by atoms with E-state index in [1.54, 1.807) is 0 Å². The van der Waals surface area contributed by atoms with Crippen LogP contribution in [0.1, 0.15) is 22.3 Å². The number of benzene rings is 2. The highest BCUT2D eigenvalue weighted by molar-refractivity contribution is 6.08. The monoisotopic (exact) mass is 385 g/mol. The number of carbonyl (C=O) groups excluding carboxylic acids is 3. The van der Waals surface area contributed by atoms with Crippen LogP contribution in [0.25, 0.3) is 0 Å². The summed E-state index contributed by atoms with van der Waals surface area (Å²) in [7, 11) is 0. The van der Waals surface area contributed by atoms with Gasteiger partial charge >= 0.3 is 6.03 Å². The lowest BCUT2D eigenvalue weighted by Crippen LogP contribution is -2.49. The van der Waals surface area contributed by atoms with Gasteiger partial charge in [0.15, 0.2) is 0 Å². The highest BCUT2D eigenvalue weighted by atomic mass is 19.1. The van der Waals surface area contributed by atoms with Gasteiger partial charge in [-0.25, -0.2) is 13.6 Å². The topological polar surface area (TPSA) is 69.7 Å². The number of hydrogen-bond acceptors (Lipinski definition) is 3. The molecule has 2 heterocycles. The molecule has 4 rings (SSSR count). The van der Waals surface area contributed by atoms with E-state index in [0.29, 0.717) is 24.1 Å². The van der Waals surface area contributed by atoms with Crippen molar-refractivity contribution < 1.29 is 23.2 Å². The van der Waals surface area contributed by atoms with Gasteiger partial charge in [0.1, 0.15) is 17.2 Å². The minimum atomic E-state index is -1.16. The van der Waals surface area contributed by atoms with Gasteiger partial charge in [-0.2, -0.15) is 0 Å². The average Bonchev–Trinajstić information content (AvgIpc) is 3.20. The maximum atomic E-state index is 13.1. The average molecular weight is 385 g/mol. The predicted octanol–water partition coefficient (Wildman–Crippen LogP) is 2.30. The van der Waals surface area contributed by atoms with E-state index >= 15 is 0 Å². The molecule has 2 aromatic carbocycles. The van der Waals surface area contributed by atoms with Gasteiger partial charge in [0.05, 0.1) is 13.1 Å². The van der Waals surface area contributed by atoms with Crippen LogP contribution in [0, 0.1) is 11.6 Å². The summed E-state index contributed by atoms with van der Waals surface area (Å²) in [4.78, 5) is 40.5. The third-order valence-electron chi connectivity index (χ3n) is 5.15. The van der Waals surface area contributed by atoms with Crippen molar-refractivity contribution in [1.29, 1.82) is 0 Å². The Kier molecular flexibility index (Phi) is 4.33. The largest absolute Gasteiger partial charge is 0.336 e. The molecule has 2 aliphatic heterocycles. The molecule has 0 aromatic heterocycles. The molecule has 1 N–H and O–H groups in total. The second-order valence-electron chi connectivity index (χ2n) is 7.01. The Hall–Kier alpha value is -3.29. The molecule has 0 bridgehead atoms. The maximum Gasteiger partial charge on any atom is 0.325 e. The molecule has 4 amide bonds. The number of rotatable bonds is 3. The zero-order chi connectivity index (χ0) is 19.9. The van der Waals surface area contributed by atoms with Crippen molar-refractivity contribution in [1.82, 2.24) is 15.1 Å². The number of carbonyl (C=O) groups is 3. The Morgan fingerprint density at radius 2 is 1.61 bits per heavy atom. The Labute approximate surface area is 159 Å². The van der Waals surface area contributed by atoms with Crippen LogP contribution in [0.2, 0.25) is 0 Å². The first kappa shape index (κ1) is 18.1. The van der Waals surface area contributed by atoms with Crippen molar-refractivity contribution in [2.75, 3.05) is 13.1 Å². The fourth-order valence-electron chi connectivity index (χ4n) is 3.63. The lowest BCUT2D eigenvalue weighted by atomic mass is 9.99. The summed E-state index contributed by atoms with van der Waals surface area (Å²) in [6.45, 7) is 0.374. The third-order valence-corrected chi connectivity index (χ3v) is 5.15. The number of hydrogen-bond donors (Lipinski definition) is 1. The first-order valence-electron chi connectivity index (χ1n) is 8.81. The molecule has 8 heteroatoms. The van der Waals surface area contributed by atoms with Gasteiger partial charge in [0.25, 0.3) is 11.8 Å². The Morgan fingerprint density at radius 3 is 2.25 bits per heavy atom. The number of imide groups is 1. The quantitative estimate of drug-likeness (QED) is 0.825. The van der Waals surface area contributed by atoms with E-state index in [1.165, 1.54) is 53.4 Å². The second-order valence-corrected chi connectivity index (χ2v) is 7.01. The highest BCUT2D eigenvalue weighted by Gasteiger charge is 2.55.